The zero-order valence-corrected chi connectivity index (χ0v) is 41.0. The van der Waals surface area contributed by atoms with E-state index >= 15 is 0 Å². The highest BCUT2D eigenvalue weighted by molar-refractivity contribution is 7.90. The number of carbonyl (C=O) groups is 1. The van der Waals surface area contributed by atoms with E-state index in [-0.39, 0.29) is 58.4 Å². The lowest BCUT2D eigenvalue weighted by atomic mass is 9.59. The summed E-state index contributed by atoms with van der Waals surface area (Å²) in [6.45, 7) is 10.3. The van der Waals surface area contributed by atoms with Gasteiger partial charge in [-0.25, -0.2) is 13.1 Å². The molecule has 5 aromatic rings. The molecular weight excluding hydrogens is 917 g/mol. The number of carbonyl (C=O) groups excluding carboxylic acids is 1. The fourth-order valence-corrected chi connectivity index (χ4v) is 12.5. The summed E-state index contributed by atoms with van der Waals surface area (Å²) in [5.41, 5.74) is 2.92. The van der Waals surface area contributed by atoms with E-state index in [1.54, 1.807) is 24.4 Å². The Labute approximate surface area is 408 Å². The molecule has 3 aliphatic heterocycles. The number of benzene rings is 3. The molecule has 0 radical (unpaired) electrons. The number of ether oxygens (including phenoxy) is 5. The van der Waals surface area contributed by atoms with E-state index in [1.165, 1.54) is 24.3 Å². The number of nitro benzene ring substituents is 1. The summed E-state index contributed by atoms with van der Waals surface area (Å²) in [5, 5.41) is 23.5. The lowest BCUT2D eigenvalue weighted by Crippen LogP contribution is -2.58. The van der Waals surface area contributed by atoms with Gasteiger partial charge in [0.15, 0.2) is 11.5 Å². The van der Waals surface area contributed by atoms with Gasteiger partial charge >= 0.3 is 5.69 Å². The van der Waals surface area contributed by atoms with Crippen LogP contribution in [-0.4, -0.2) is 104 Å². The second-order valence-electron chi connectivity index (χ2n) is 20.5. The average molecular weight is 979 g/mol. The third kappa shape index (κ3) is 9.62. The highest BCUT2D eigenvalue weighted by Crippen LogP contribution is 2.53. The Kier molecular flexibility index (Phi) is 12.9. The molecule has 17 nitrogen and oxygen atoms in total. The van der Waals surface area contributed by atoms with Crippen LogP contribution in [-0.2, 0) is 14.8 Å². The Morgan fingerprint density at radius 2 is 1.79 bits per heavy atom. The number of amides is 1. The minimum Gasteiger partial charge on any atom is -0.486 e. The summed E-state index contributed by atoms with van der Waals surface area (Å²) in [6.07, 6.45) is 8.88. The maximum Gasteiger partial charge on any atom is 0.316 e. The molecule has 70 heavy (non-hydrogen) atoms. The number of hydrogen-bond acceptors (Lipinski definition) is 14. The highest BCUT2D eigenvalue weighted by Gasteiger charge is 2.50. The first-order valence-electron chi connectivity index (χ1n) is 24.5. The number of piperidine rings is 1. The largest absolute Gasteiger partial charge is 0.486 e. The number of morpholine rings is 1. The molecule has 4 fully saturated rings. The number of methoxy groups -OCH3 is 1. The predicted molar refractivity (Wildman–Crippen MR) is 262 cm³/mol. The molecule has 0 bridgehead atoms. The lowest BCUT2D eigenvalue weighted by Gasteiger charge is -2.57. The number of pyridine rings is 1. The van der Waals surface area contributed by atoms with Gasteiger partial charge in [-0.3, -0.25) is 19.8 Å². The molecule has 3 N–H and O–H groups in total. The minimum absolute atomic E-state index is 0.0498. The smallest absolute Gasteiger partial charge is 0.316 e. The second-order valence-corrected chi connectivity index (χ2v) is 22.2. The SMILES string of the molecule is COc1nc2[nH]ccc2cc1Oc1cc(N2CCC3(CC2)CC(N2CCOC[C@@H]2c2ccccc2C(C)C)C3)ccc1C(=O)NS(=O)(=O)c1cc2c(c([N+](=O)[O-])c1)O[C@H](C[C@H]1CC[C@](C)(O)CC1)CO2. The molecule has 1 amide bonds. The number of aromatic amines is 1. The van der Waals surface area contributed by atoms with Gasteiger partial charge in [0.2, 0.25) is 5.75 Å². The number of aromatic nitrogens is 2. The van der Waals surface area contributed by atoms with Crippen molar-refractivity contribution in [1.29, 1.82) is 0 Å². The predicted octanol–water partition coefficient (Wildman–Crippen LogP) is 8.81. The van der Waals surface area contributed by atoms with E-state index < -0.39 is 43.1 Å². The number of nitro groups is 1. The monoisotopic (exact) mass is 978 g/mol. The maximum atomic E-state index is 14.2. The van der Waals surface area contributed by atoms with Crippen LogP contribution in [0.2, 0.25) is 0 Å². The summed E-state index contributed by atoms with van der Waals surface area (Å²) < 4.78 is 60.3. The summed E-state index contributed by atoms with van der Waals surface area (Å²) >= 11 is 0. The van der Waals surface area contributed by atoms with Gasteiger partial charge in [0, 0.05) is 61.1 Å². The molecule has 18 heteroatoms. The third-order valence-corrected chi connectivity index (χ3v) is 16.8. The Balaban J connectivity index is 0.866. The molecule has 2 saturated heterocycles. The number of fused-ring (bicyclic) bond motifs is 2. The molecule has 10 rings (SSSR count). The van der Waals surface area contributed by atoms with Gasteiger partial charge in [-0.1, -0.05) is 38.1 Å². The lowest BCUT2D eigenvalue weighted by molar-refractivity contribution is -0.386. The first-order chi connectivity index (χ1) is 33.6. The van der Waals surface area contributed by atoms with Crippen LogP contribution in [0.5, 0.6) is 28.9 Å². The Bertz CT molecular complexity index is 2880. The van der Waals surface area contributed by atoms with Gasteiger partial charge in [-0.2, -0.15) is 4.98 Å². The molecule has 5 aliphatic rings. The van der Waals surface area contributed by atoms with Gasteiger partial charge in [0.25, 0.3) is 21.8 Å². The van der Waals surface area contributed by atoms with E-state index in [9.17, 15) is 28.4 Å². The molecule has 0 unspecified atom stereocenters. The molecule has 2 atom stereocenters. The number of hydrogen-bond donors (Lipinski definition) is 3. The molecular formula is C52H62N6O11S. The van der Waals surface area contributed by atoms with Crippen LogP contribution in [0.3, 0.4) is 0 Å². The first kappa shape index (κ1) is 47.7. The minimum atomic E-state index is -4.73. The number of aliphatic hydroxyl groups is 1. The van der Waals surface area contributed by atoms with Gasteiger partial charge in [0.05, 0.1) is 47.3 Å². The zero-order valence-electron chi connectivity index (χ0n) is 40.1. The van der Waals surface area contributed by atoms with Crippen molar-refractivity contribution in [1.82, 2.24) is 19.6 Å². The number of nitrogens with one attached hydrogen (secondary N) is 2. The summed E-state index contributed by atoms with van der Waals surface area (Å²) in [4.78, 5) is 37.9. The quantitative estimate of drug-likeness (QED) is 0.0745. The van der Waals surface area contributed by atoms with Crippen molar-refractivity contribution in [2.24, 2.45) is 11.3 Å². The van der Waals surface area contributed by atoms with Crippen molar-refractivity contribution < 1.29 is 46.9 Å². The normalized spacial score (nSPS) is 23.8. The summed E-state index contributed by atoms with van der Waals surface area (Å²) in [5.74, 6) is -0.232. The molecule has 3 aromatic carbocycles. The van der Waals surface area contributed by atoms with Crippen molar-refractivity contribution in [2.45, 2.75) is 113 Å². The van der Waals surface area contributed by atoms with Gasteiger partial charge < -0.3 is 38.7 Å². The Hall–Kier alpha value is -5.95. The van der Waals surface area contributed by atoms with Crippen LogP contribution >= 0.6 is 0 Å². The second kappa shape index (κ2) is 19.0. The van der Waals surface area contributed by atoms with Crippen LogP contribution in [0, 0.1) is 21.4 Å². The molecule has 2 aliphatic carbocycles. The molecule has 1 spiro atoms. The Morgan fingerprint density at radius 1 is 1.01 bits per heavy atom. The van der Waals surface area contributed by atoms with Crippen LogP contribution in [0.1, 0.15) is 112 Å². The topological polar surface area (TPSA) is 208 Å². The van der Waals surface area contributed by atoms with Crippen molar-refractivity contribution >= 4 is 38.3 Å². The standard InChI is InChI=1S/C52H62N6O11S/c1-32(2)39-7-5-6-8-40(39)43-31-66-22-21-57(43)36-28-52(29-36)16-19-56(20-17-52)35-9-10-41(44(25-35)69-46-24-34-13-18-53-48(34)54-50(46)65-4)49(59)55-70(63,64)38-26-42(58(61)62)47-45(27-38)67-30-37(68-47)23-33-11-14-51(3,60)15-12-33/h5-10,13,18,24-27,32-33,36-37,43,60H,11-12,14-17,19-23,28-31H2,1-4H3,(H,53,54)(H,55,59)/t33-,37-,43-,51-/m1/s1. The summed E-state index contributed by atoms with van der Waals surface area (Å²) in [6, 6.07) is 20.1. The average Bonchev–Trinajstić information content (AvgIpc) is 3.80. The van der Waals surface area contributed by atoms with Crippen molar-refractivity contribution in [3.05, 3.63) is 99.7 Å². The number of H-pyrrole nitrogens is 1. The summed E-state index contributed by atoms with van der Waals surface area (Å²) in [7, 11) is -3.27. The van der Waals surface area contributed by atoms with E-state index in [0.717, 1.165) is 88.0 Å². The number of anilines is 1. The molecule has 2 saturated carbocycles. The van der Waals surface area contributed by atoms with E-state index in [4.69, 9.17) is 23.7 Å². The first-order valence-corrected chi connectivity index (χ1v) is 26.0. The van der Waals surface area contributed by atoms with Crippen molar-refractivity contribution in [2.75, 3.05) is 51.5 Å². The van der Waals surface area contributed by atoms with E-state index in [1.807, 2.05) is 13.0 Å². The van der Waals surface area contributed by atoms with Gasteiger partial charge in [-0.05, 0) is 117 Å². The van der Waals surface area contributed by atoms with Crippen LogP contribution < -0.4 is 28.6 Å². The Morgan fingerprint density at radius 3 is 2.53 bits per heavy atom. The zero-order chi connectivity index (χ0) is 49.0. The maximum absolute atomic E-state index is 14.2. The van der Waals surface area contributed by atoms with Crippen LogP contribution in [0.25, 0.3) is 11.0 Å². The van der Waals surface area contributed by atoms with E-state index in [0.29, 0.717) is 43.5 Å². The molecule has 372 valence electrons. The number of sulfonamides is 1. The molecule has 5 heterocycles. The van der Waals surface area contributed by atoms with Crippen LogP contribution in [0.4, 0.5) is 11.4 Å². The highest BCUT2D eigenvalue weighted by atomic mass is 32.2. The van der Waals surface area contributed by atoms with E-state index in [2.05, 4.69) is 62.6 Å². The molecule has 2 aromatic heterocycles. The fraction of sp³-hybridized carbons (Fsp3) is 0.500. The van der Waals surface area contributed by atoms with Crippen molar-refractivity contribution in [3.63, 3.8) is 0 Å². The number of nitrogens with zero attached hydrogens (tertiary/aromatic N) is 4. The third-order valence-electron chi connectivity index (χ3n) is 15.5. The van der Waals surface area contributed by atoms with Gasteiger partial charge in [-0.15, -0.1) is 0 Å². The van der Waals surface area contributed by atoms with Gasteiger partial charge in [0.1, 0.15) is 24.1 Å². The number of rotatable bonds is 13. The van der Waals surface area contributed by atoms with Crippen LogP contribution in [0.15, 0.2) is 77.8 Å². The fourth-order valence-electron chi connectivity index (χ4n) is 11.5. The van der Waals surface area contributed by atoms with Crippen molar-refractivity contribution in [3.8, 4) is 28.9 Å².